The molecule has 4 aromatic rings. The second kappa shape index (κ2) is 12.0. The average Bonchev–Trinajstić information content (AvgIpc) is 3.27. The molecule has 1 aliphatic rings. The normalized spacial score (nSPS) is 14.9. The number of hydrogen-bond acceptors (Lipinski definition) is 7. The van der Waals surface area contributed by atoms with Crippen molar-refractivity contribution in [1.29, 1.82) is 0 Å². The molecule has 0 amide bonds. The Hall–Kier alpha value is -3.41. The molecule has 0 saturated heterocycles. The molecule has 0 unspecified atom stereocenters. The van der Waals surface area contributed by atoms with Gasteiger partial charge in [-0.25, -0.2) is 9.79 Å². The fraction of sp³-hybridized carbons (Fsp3) is 0.167. The van der Waals surface area contributed by atoms with Crippen molar-refractivity contribution in [3.05, 3.63) is 117 Å². The first-order valence-electron chi connectivity index (χ1n) is 12.3. The predicted molar refractivity (Wildman–Crippen MR) is 165 cm³/mol. The maximum atomic E-state index is 14.0. The van der Waals surface area contributed by atoms with Gasteiger partial charge in [-0.1, -0.05) is 65.4 Å². The number of carbonyl (C=O) groups excluding carboxylic acids is 1. The van der Waals surface area contributed by atoms with E-state index in [1.54, 1.807) is 43.9 Å². The minimum atomic E-state index is -0.768. The summed E-state index contributed by atoms with van der Waals surface area (Å²) in [6.07, 6.45) is 1.79. The van der Waals surface area contributed by atoms with E-state index in [1.807, 2.05) is 54.6 Å². The molecule has 3 aromatic carbocycles. The van der Waals surface area contributed by atoms with Crippen molar-refractivity contribution in [3.63, 3.8) is 0 Å². The molecular weight excluding hydrogens is 663 g/mol. The number of halogens is 2. The van der Waals surface area contributed by atoms with E-state index in [2.05, 4.69) is 22.6 Å². The van der Waals surface area contributed by atoms with Crippen LogP contribution < -0.4 is 24.4 Å². The van der Waals surface area contributed by atoms with Crippen LogP contribution in [0, 0.1) is 3.57 Å². The van der Waals surface area contributed by atoms with Crippen LogP contribution in [-0.4, -0.2) is 31.4 Å². The van der Waals surface area contributed by atoms with Gasteiger partial charge in [0.15, 0.2) is 16.3 Å². The lowest BCUT2D eigenvalue weighted by molar-refractivity contribution is -0.138. The molecule has 0 N–H and O–H groups in total. The van der Waals surface area contributed by atoms with Crippen LogP contribution in [0.1, 0.15) is 29.7 Å². The van der Waals surface area contributed by atoms with E-state index >= 15 is 0 Å². The van der Waals surface area contributed by atoms with Gasteiger partial charge in [-0.15, -0.1) is 0 Å². The van der Waals surface area contributed by atoms with Gasteiger partial charge < -0.3 is 14.2 Å². The summed E-state index contributed by atoms with van der Waals surface area (Å²) >= 11 is 9.62. The van der Waals surface area contributed by atoms with Gasteiger partial charge in [0.2, 0.25) is 0 Å². The molecule has 204 valence electrons. The van der Waals surface area contributed by atoms with Crippen LogP contribution in [0.2, 0.25) is 5.02 Å². The van der Waals surface area contributed by atoms with Crippen LogP contribution in [0.25, 0.3) is 11.8 Å². The van der Waals surface area contributed by atoms with E-state index in [-0.39, 0.29) is 17.7 Å². The van der Waals surface area contributed by atoms with E-state index in [9.17, 15) is 9.59 Å². The van der Waals surface area contributed by atoms with Crippen molar-refractivity contribution in [2.45, 2.75) is 13.0 Å². The third-order valence-electron chi connectivity index (χ3n) is 6.31. The van der Waals surface area contributed by atoms with Crippen molar-refractivity contribution in [2.24, 2.45) is 4.99 Å². The molecule has 0 fully saturated rings. The molecule has 40 heavy (non-hydrogen) atoms. The van der Waals surface area contributed by atoms with Crippen LogP contribution in [0.3, 0.4) is 0 Å². The summed E-state index contributed by atoms with van der Waals surface area (Å²) in [5, 5.41) is 0.546. The molecule has 1 aliphatic heterocycles. The number of esters is 1. The Morgan fingerprint density at radius 2 is 1.82 bits per heavy atom. The van der Waals surface area contributed by atoms with Crippen molar-refractivity contribution in [2.75, 3.05) is 20.8 Å². The van der Waals surface area contributed by atoms with Gasteiger partial charge in [0.05, 0.1) is 46.2 Å². The number of carbonyl (C=O) groups is 1. The Kier molecular flexibility index (Phi) is 8.43. The number of hydrogen-bond donors (Lipinski definition) is 0. The highest BCUT2D eigenvalue weighted by molar-refractivity contribution is 14.1. The first kappa shape index (κ1) is 28.1. The van der Waals surface area contributed by atoms with Crippen molar-refractivity contribution < 1.29 is 19.0 Å². The van der Waals surface area contributed by atoms with Crippen molar-refractivity contribution in [1.82, 2.24) is 4.57 Å². The highest BCUT2D eigenvalue weighted by Gasteiger charge is 2.35. The Balaban J connectivity index is 1.81. The van der Waals surface area contributed by atoms with Gasteiger partial charge in [-0.05, 0) is 71.0 Å². The van der Waals surface area contributed by atoms with Crippen LogP contribution >= 0.6 is 45.5 Å². The van der Waals surface area contributed by atoms with E-state index in [0.29, 0.717) is 37.1 Å². The molecule has 0 aliphatic carbocycles. The minimum absolute atomic E-state index is 0.181. The number of methoxy groups -OCH3 is 2. The molecule has 2 heterocycles. The van der Waals surface area contributed by atoms with Gasteiger partial charge >= 0.3 is 5.97 Å². The smallest absolute Gasteiger partial charge is 0.338 e. The van der Waals surface area contributed by atoms with Crippen LogP contribution in [0.5, 0.6) is 11.5 Å². The Labute approximate surface area is 253 Å². The van der Waals surface area contributed by atoms with Crippen LogP contribution in [0.4, 0.5) is 0 Å². The summed E-state index contributed by atoms with van der Waals surface area (Å²) in [6, 6.07) is 19.5. The molecule has 0 radical (unpaired) electrons. The second-order valence-electron chi connectivity index (χ2n) is 8.72. The van der Waals surface area contributed by atoms with Crippen molar-refractivity contribution in [3.8, 4) is 11.5 Å². The molecule has 1 atom stereocenters. The van der Waals surface area contributed by atoms with E-state index in [4.69, 9.17) is 30.8 Å². The quantitative estimate of drug-likeness (QED) is 0.197. The highest BCUT2D eigenvalue weighted by atomic mass is 127. The molecule has 0 bridgehead atoms. The molecule has 10 heteroatoms. The lowest BCUT2D eigenvalue weighted by Crippen LogP contribution is -2.40. The molecule has 5 rings (SSSR count). The predicted octanol–water partition coefficient (Wildman–Crippen LogP) is 5.21. The van der Waals surface area contributed by atoms with Gasteiger partial charge in [0.25, 0.3) is 5.56 Å². The van der Waals surface area contributed by atoms with Crippen LogP contribution in [-0.2, 0) is 9.53 Å². The maximum absolute atomic E-state index is 14.0. The van der Waals surface area contributed by atoms with E-state index in [1.165, 1.54) is 11.3 Å². The zero-order chi connectivity index (χ0) is 28.4. The monoisotopic (exact) mass is 686 g/mol. The first-order chi connectivity index (χ1) is 19.4. The summed E-state index contributed by atoms with van der Waals surface area (Å²) in [5.74, 6) is 0.647. The van der Waals surface area contributed by atoms with E-state index in [0.717, 1.165) is 14.7 Å². The van der Waals surface area contributed by atoms with E-state index < -0.39 is 12.0 Å². The Morgan fingerprint density at radius 1 is 1.10 bits per heavy atom. The standard InChI is InChI=1S/C30H24ClIN2O5S/c1-4-39-29(36)24-25(18-8-6-5-7-9-18)33-30-34(26(24)19-10-12-20(31)13-11-19)28(35)23(40-30)16-17-14-21(32)27(38-3)22(15-17)37-2/h5-16,26H,4H2,1-3H3/b23-16-/t26-/m0/s1. The Bertz CT molecular complexity index is 1800. The molecular formula is C30H24ClIN2O5S. The molecule has 1 aromatic heterocycles. The highest BCUT2D eigenvalue weighted by Crippen LogP contribution is 2.36. The topological polar surface area (TPSA) is 79.1 Å². The number of benzene rings is 3. The number of nitrogens with zero attached hydrogens (tertiary/aromatic N) is 2. The third-order valence-corrected chi connectivity index (χ3v) is 8.35. The Morgan fingerprint density at radius 3 is 2.48 bits per heavy atom. The number of ether oxygens (including phenoxy) is 3. The largest absolute Gasteiger partial charge is 0.493 e. The van der Waals surface area contributed by atoms with Gasteiger partial charge in [-0.2, -0.15) is 0 Å². The number of thiazole rings is 1. The summed E-state index contributed by atoms with van der Waals surface area (Å²) in [4.78, 5) is 32.9. The number of rotatable bonds is 7. The summed E-state index contributed by atoms with van der Waals surface area (Å²) in [5.41, 5.74) is 2.70. The minimum Gasteiger partial charge on any atom is -0.493 e. The van der Waals surface area contributed by atoms with Crippen LogP contribution in [0.15, 0.2) is 82.1 Å². The number of aromatic nitrogens is 1. The van der Waals surface area contributed by atoms with Crippen molar-refractivity contribution >= 4 is 63.3 Å². The molecule has 7 nitrogen and oxygen atoms in total. The average molecular weight is 687 g/mol. The second-order valence-corrected chi connectivity index (χ2v) is 11.3. The van der Waals surface area contributed by atoms with Gasteiger partial charge in [0.1, 0.15) is 0 Å². The fourth-order valence-corrected chi connectivity index (χ4v) is 6.55. The third kappa shape index (κ3) is 5.33. The SMILES string of the molecule is CCOC(=O)C1=C(c2ccccc2)N=c2s/c(=C\c3cc(I)c(OC)c(OC)c3)c(=O)n2[C@H]1c1ccc(Cl)cc1. The summed E-state index contributed by atoms with van der Waals surface area (Å²) in [7, 11) is 3.15. The van der Waals surface area contributed by atoms with Gasteiger partial charge in [0, 0.05) is 10.6 Å². The van der Waals surface area contributed by atoms with Gasteiger partial charge in [-0.3, -0.25) is 9.36 Å². The first-order valence-corrected chi connectivity index (χ1v) is 14.6. The maximum Gasteiger partial charge on any atom is 0.338 e. The zero-order valence-electron chi connectivity index (χ0n) is 21.8. The zero-order valence-corrected chi connectivity index (χ0v) is 25.5. The lowest BCUT2D eigenvalue weighted by atomic mass is 9.93. The lowest BCUT2D eigenvalue weighted by Gasteiger charge is -2.25. The molecule has 0 spiro atoms. The number of fused-ring (bicyclic) bond motifs is 1. The molecule has 0 saturated carbocycles. The summed E-state index contributed by atoms with van der Waals surface area (Å²) in [6.45, 7) is 1.93. The summed E-state index contributed by atoms with van der Waals surface area (Å²) < 4.78 is 19.3. The fourth-order valence-electron chi connectivity index (χ4n) is 4.57.